The van der Waals surface area contributed by atoms with Crippen LogP contribution in [-0.4, -0.2) is 62.9 Å². The van der Waals surface area contributed by atoms with Crippen molar-refractivity contribution in [2.75, 3.05) is 26.9 Å². The Hall–Kier alpha value is -5.32. The summed E-state index contributed by atoms with van der Waals surface area (Å²) in [6, 6.07) is 21.2. The highest BCUT2D eigenvalue weighted by molar-refractivity contribution is 5.90. The molecular weight excluding hydrogens is 574 g/mol. The van der Waals surface area contributed by atoms with Gasteiger partial charge in [0.2, 0.25) is 5.91 Å². The van der Waals surface area contributed by atoms with E-state index in [-0.39, 0.29) is 31.3 Å². The van der Waals surface area contributed by atoms with Gasteiger partial charge in [0.05, 0.1) is 13.7 Å². The van der Waals surface area contributed by atoms with Crippen molar-refractivity contribution >= 4 is 23.9 Å². The molecule has 1 aliphatic carbocycles. The molecule has 11 heteroatoms. The fourth-order valence-corrected chi connectivity index (χ4v) is 5.31. The second-order valence-electron chi connectivity index (χ2n) is 10.6. The molecule has 0 saturated carbocycles. The van der Waals surface area contributed by atoms with Crippen LogP contribution in [0.4, 0.5) is 4.79 Å². The molecule has 0 aromatic heterocycles. The summed E-state index contributed by atoms with van der Waals surface area (Å²) in [6.45, 7) is 4.46. The summed E-state index contributed by atoms with van der Waals surface area (Å²) >= 11 is 0. The number of fused-ring (bicyclic) bond motifs is 3. The molecule has 0 radical (unpaired) electrons. The molecule has 0 unspecified atom stereocenters. The third-order valence-electron chi connectivity index (χ3n) is 7.48. The highest BCUT2D eigenvalue weighted by Gasteiger charge is 2.31. The van der Waals surface area contributed by atoms with Crippen molar-refractivity contribution in [3.05, 3.63) is 102 Å². The summed E-state index contributed by atoms with van der Waals surface area (Å²) in [6.07, 6.45) is 1.72. The number of ether oxygens (including phenoxy) is 3. The Morgan fingerprint density at radius 2 is 1.58 bits per heavy atom. The van der Waals surface area contributed by atoms with Crippen LogP contribution in [0.1, 0.15) is 35.4 Å². The van der Waals surface area contributed by atoms with Crippen LogP contribution in [0.25, 0.3) is 11.1 Å². The van der Waals surface area contributed by atoms with E-state index in [4.69, 9.17) is 25.7 Å². The second-order valence-corrected chi connectivity index (χ2v) is 10.6. The van der Waals surface area contributed by atoms with Crippen molar-refractivity contribution in [3.63, 3.8) is 0 Å². The first-order valence-electron chi connectivity index (χ1n) is 14.7. The van der Waals surface area contributed by atoms with E-state index in [1.54, 1.807) is 30.3 Å². The lowest BCUT2D eigenvalue weighted by molar-refractivity contribution is -0.459. The highest BCUT2D eigenvalue weighted by atomic mass is 16.5. The zero-order chi connectivity index (χ0) is 32.2. The van der Waals surface area contributed by atoms with Crippen LogP contribution in [-0.2, 0) is 25.5 Å². The summed E-state index contributed by atoms with van der Waals surface area (Å²) < 4.78 is 16.1. The number of hydrogen-bond donors (Lipinski definition) is 5. The topological polar surface area (TPSA) is 169 Å². The minimum absolute atomic E-state index is 0.0483. The highest BCUT2D eigenvalue weighted by Crippen LogP contribution is 2.44. The number of benzene rings is 3. The van der Waals surface area contributed by atoms with Gasteiger partial charge in [0.15, 0.2) is 0 Å². The summed E-state index contributed by atoms with van der Waals surface area (Å²) in [5.41, 5.74) is 16.1. The fourth-order valence-electron chi connectivity index (χ4n) is 5.31. The van der Waals surface area contributed by atoms with Crippen molar-refractivity contribution in [2.45, 2.75) is 37.3 Å². The van der Waals surface area contributed by atoms with Crippen molar-refractivity contribution < 1.29 is 33.6 Å². The third-order valence-corrected chi connectivity index (χ3v) is 7.48. The first-order valence-corrected chi connectivity index (χ1v) is 14.7. The summed E-state index contributed by atoms with van der Waals surface area (Å²) in [7, 11) is 1.25. The van der Waals surface area contributed by atoms with Gasteiger partial charge < -0.3 is 24.8 Å². The number of carbonyl (C=O) groups excluding carboxylic acids is 3. The summed E-state index contributed by atoms with van der Waals surface area (Å²) in [5, 5.41) is 5.42. The molecule has 3 aromatic carbocycles. The smallest absolute Gasteiger partial charge is 0.407 e. The van der Waals surface area contributed by atoms with Gasteiger partial charge in [-0.15, -0.1) is 0 Å². The lowest BCUT2D eigenvalue weighted by atomic mass is 9.98. The van der Waals surface area contributed by atoms with Crippen molar-refractivity contribution in [1.82, 2.24) is 10.6 Å². The van der Waals surface area contributed by atoms with Gasteiger partial charge in [-0.25, -0.2) is 9.59 Å². The molecule has 0 spiro atoms. The molecule has 0 fully saturated rings. The Bertz CT molecular complexity index is 1470. The molecule has 7 N–H and O–H groups in total. The van der Waals surface area contributed by atoms with E-state index in [1.807, 2.05) is 36.4 Å². The quantitative estimate of drug-likeness (QED) is 0.0564. The van der Waals surface area contributed by atoms with Crippen LogP contribution in [0.3, 0.4) is 0 Å². The average molecular weight is 615 g/mol. The molecule has 0 heterocycles. The maximum Gasteiger partial charge on any atom is 0.407 e. The number of methoxy groups -OCH3 is 1. The van der Waals surface area contributed by atoms with Crippen LogP contribution in [0.15, 0.2) is 85.5 Å². The lowest BCUT2D eigenvalue weighted by Crippen LogP contribution is -2.78. The van der Waals surface area contributed by atoms with Gasteiger partial charge in [-0.05, 0) is 52.8 Å². The number of rotatable bonds is 15. The van der Waals surface area contributed by atoms with Crippen LogP contribution < -0.4 is 31.8 Å². The summed E-state index contributed by atoms with van der Waals surface area (Å²) in [5.74, 6) is -0.627. The van der Waals surface area contributed by atoms with Crippen molar-refractivity contribution in [1.29, 1.82) is 0 Å². The van der Waals surface area contributed by atoms with Gasteiger partial charge in [-0.3, -0.25) is 21.3 Å². The standard InChI is InChI=1S/C34H39N5O6/c1-3-19-44-23-16-14-22(15-17-23)20-30(32(41)43-2)38-31(40)29(13-8-18-37-33(35)36)39-34(42)45-21-28-26-11-6-4-9-24(26)25-10-5-7-12-27(25)28/h3-7,9-12,14-17,28-30H,1,8,13,18-21H2,2H3,(H,38,40)(H,39,42)(H4,35,36,37)/p+1/t29-,30+/m1/s1. The number of nitrogens with one attached hydrogen (secondary N) is 3. The predicted molar refractivity (Wildman–Crippen MR) is 170 cm³/mol. The molecule has 236 valence electrons. The number of alkyl carbamates (subject to hydrolysis) is 1. The number of hydrogen-bond acceptors (Lipinski definition) is 6. The number of nitrogens with two attached hydrogens (primary N) is 2. The molecule has 0 bridgehead atoms. The Morgan fingerprint density at radius 3 is 2.18 bits per heavy atom. The number of guanidine groups is 1. The number of carbonyl (C=O) groups is 3. The molecule has 11 nitrogen and oxygen atoms in total. The Balaban J connectivity index is 1.43. The lowest BCUT2D eigenvalue weighted by Gasteiger charge is -2.23. The Morgan fingerprint density at radius 1 is 0.933 bits per heavy atom. The first kappa shape index (κ1) is 32.6. The first-order chi connectivity index (χ1) is 21.8. The maximum atomic E-state index is 13.5. The number of esters is 1. The molecule has 4 rings (SSSR count). The predicted octanol–water partition coefficient (Wildman–Crippen LogP) is 1.49. The molecule has 0 aliphatic heterocycles. The van der Waals surface area contributed by atoms with E-state index in [9.17, 15) is 14.4 Å². The van der Waals surface area contributed by atoms with Crippen LogP contribution >= 0.6 is 0 Å². The Labute approximate surface area is 262 Å². The van der Waals surface area contributed by atoms with Crippen LogP contribution in [0, 0.1) is 0 Å². The largest absolute Gasteiger partial charge is 0.490 e. The van der Waals surface area contributed by atoms with Gasteiger partial charge in [0.1, 0.15) is 31.0 Å². The van der Waals surface area contributed by atoms with E-state index >= 15 is 0 Å². The SMILES string of the molecule is C=CCOc1ccc(C[C@H](NC(=O)[C@@H](CCC[NH+]=C(N)N)NC(=O)OCC2c3ccccc3-c3ccccc32)C(=O)OC)cc1. The number of amides is 2. The molecule has 1 aliphatic rings. The molecule has 2 atom stereocenters. The minimum Gasteiger partial charge on any atom is -0.490 e. The van der Waals surface area contributed by atoms with Crippen LogP contribution in [0.5, 0.6) is 5.75 Å². The fraction of sp³-hybridized carbons (Fsp3) is 0.294. The van der Waals surface area contributed by atoms with E-state index in [0.717, 1.165) is 27.8 Å². The van der Waals surface area contributed by atoms with E-state index in [1.165, 1.54) is 7.11 Å². The average Bonchev–Trinajstić information content (AvgIpc) is 3.37. The molecule has 3 aromatic rings. The molecule has 45 heavy (non-hydrogen) atoms. The maximum absolute atomic E-state index is 13.5. The Kier molecular flexibility index (Phi) is 11.6. The molecule has 2 amide bonds. The van der Waals surface area contributed by atoms with Gasteiger partial charge in [0, 0.05) is 12.3 Å². The van der Waals surface area contributed by atoms with Gasteiger partial charge in [-0.2, -0.15) is 0 Å². The third kappa shape index (κ3) is 8.85. The van der Waals surface area contributed by atoms with E-state index in [2.05, 4.69) is 34.3 Å². The van der Waals surface area contributed by atoms with Crippen molar-refractivity contribution in [2.24, 2.45) is 11.5 Å². The van der Waals surface area contributed by atoms with Gasteiger partial charge >= 0.3 is 18.0 Å². The molecular formula is C34H40N5O6+. The van der Waals surface area contributed by atoms with E-state index in [0.29, 0.717) is 25.3 Å². The van der Waals surface area contributed by atoms with E-state index < -0.39 is 30.1 Å². The summed E-state index contributed by atoms with van der Waals surface area (Å²) in [4.78, 5) is 42.0. The monoisotopic (exact) mass is 614 g/mol. The van der Waals surface area contributed by atoms with Gasteiger partial charge in [-0.1, -0.05) is 73.3 Å². The zero-order valence-electron chi connectivity index (χ0n) is 25.3. The normalized spacial score (nSPS) is 12.9. The zero-order valence-corrected chi connectivity index (χ0v) is 25.3. The van der Waals surface area contributed by atoms with Crippen molar-refractivity contribution in [3.8, 4) is 16.9 Å². The van der Waals surface area contributed by atoms with Gasteiger partial charge in [0.25, 0.3) is 0 Å². The van der Waals surface area contributed by atoms with Crippen LogP contribution in [0.2, 0.25) is 0 Å². The molecule has 0 saturated heterocycles. The minimum atomic E-state index is -1.01. The second kappa shape index (κ2) is 15.9.